The van der Waals surface area contributed by atoms with Crippen LogP contribution in [0.1, 0.15) is 23.3 Å². The number of hydrogen-bond donors (Lipinski definition) is 0. The lowest BCUT2D eigenvalue weighted by Crippen LogP contribution is -2.46. The first-order valence-electron chi connectivity index (χ1n) is 7.06. The van der Waals surface area contributed by atoms with Crippen LogP contribution in [0, 0.1) is 12.7 Å². The largest absolute Gasteiger partial charge is 0.338 e. The van der Waals surface area contributed by atoms with Gasteiger partial charge in [0.2, 0.25) is 5.89 Å². The third-order valence-electron chi connectivity index (χ3n) is 3.88. The van der Waals surface area contributed by atoms with Crippen molar-refractivity contribution in [1.82, 2.24) is 24.9 Å². The molecule has 1 unspecified atom stereocenters. The van der Waals surface area contributed by atoms with Gasteiger partial charge in [0, 0.05) is 37.9 Å². The molecule has 0 bridgehead atoms. The predicted octanol–water partition coefficient (Wildman–Crippen LogP) is 2.05. The molecule has 2 aromatic heterocycles. The van der Waals surface area contributed by atoms with E-state index in [0.29, 0.717) is 30.4 Å². The summed E-state index contributed by atoms with van der Waals surface area (Å²) in [6.45, 7) is 4.64. The quantitative estimate of drug-likeness (QED) is 0.805. The zero-order valence-corrected chi connectivity index (χ0v) is 13.2. The summed E-state index contributed by atoms with van der Waals surface area (Å²) in [5.41, 5.74) is 0.546. The standard InChI is InChI=1S/C14H17ClFN5O/c1-9-18-14(22-19-9)11-8-21(6-5-20(11)2)7-10-3-4-17-13(15)12(10)16/h3-4,11H,5-8H2,1-2H3. The van der Waals surface area contributed by atoms with Gasteiger partial charge in [0.15, 0.2) is 16.8 Å². The van der Waals surface area contributed by atoms with Crippen molar-refractivity contribution in [2.45, 2.75) is 19.5 Å². The molecule has 1 atom stereocenters. The highest BCUT2D eigenvalue weighted by Gasteiger charge is 2.30. The van der Waals surface area contributed by atoms with E-state index in [1.54, 1.807) is 13.0 Å². The van der Waals surface area contributed by atoms with E-state index < -0.39 is 5.82 Å². The highest BCUT2D eigenvalue weighted by molar-refractivity contribution is 6.29. The van der Waals surface area contributed by atoms with Crippen LogP contribution >= 0.6 is 11.6 Å². The molecule has 1 aliphatic heterocycles. The van der Waals surface area contributed by atoms with Crippen LogP contribution in [0.2, 0.25) is 5.15 Å². The molecule has 1 aliphatic rings. The smallest absolute Gasteiger partial charge is 0.245 e. The molecule has 0 radical (unpaired) electrons. The molecule has 2 aromatic rings. The third kappa shape index (κ3) is 3.11. The second kappa shape index (κ2) is 6.28. The van der Waals surface area contributed by atoms with Crippen molar-refractivity contribution in [3.63, 3.8) is 0 Å². The second-order valence-electron chi connectivity index (χ2n) is 5.49. The van der Waals surface area contributed by atoms with Crippen LogP contribution in [0.15, 0.2) is 16.8 Å². The van der Waals surface area contributed by atoms with Gasteiger partial charge in [-0.1, -0.05) is 16.8 Å². The number of halogens is 2. The van der Waals surface area contributed by atoms with Gasteiger partial charge >= 0.3 is 0 Å². The van der Waals surface area contributed by atoms with Crippen molar-refractivity contribution in [2.75, 3.05) is 26.7 Å². The lowest BCUT2D eigenvalue weighted by atomic mass is 10.1. The maximum Gasteiger partial charge on any atom is 0.245 e. The van der Waals surface area contributed by atoms with Gasteiger partial charge in [0.05, 0.1) is 0 Å². The molecule has 0 saturated carbocycles. The van der Waals surface area contributed by atoms with Gasteiger partial charge in [-0.05, 0) is 20.0 Å². The summed E-state index contributed by atoms with van der Waals surface area (Å²) in [5, 5.41) is 3.76. The average molecular weight is 326 g/mol. The van der Waals surface area contributed by atoms with Crippen molar-refractivity contribution in [2.24, 2.45) is 0 Å². The monoisotopic (exact) mass is 325 g/mol. The molecule has 0 amide bonds. The van der Waals surface area contributed by atoms with E-state index in [2.05, 4.69) is 24.9 Å². The zero-order valence-electron chi connectivity index (χ0n) is 12.5. The van der Waals surface area contributed by atoms with E-state index in [9.17, 15) is 4.39 Å². The number of nitrogens with zero attached hydrogens (tertiary/aromatic N) is 5. The Balaban J connectivity index is 1.74. The molecule has 3 rings (SSSR count). The Kier molecular flexibility index (Phi) is 4.37. The summed E-state index contributed by atoms with van der Waals surface area (Å²) in [6, 6.07) is 1.67. The minimum Gasteiger partial charge on any atom is -0.338 e. The normalized spacial score (nSPS) is 20.5. The maximum atomic E-state index is 14.0. The van der Waals surface area contributed by atoms with Crippen molar-refractivity contribution < 1.29 is 8.91 Å². The summed E-state index contributed by atoms with van der Waals surface area (Å²) in [4.78, 5) is 12.4. The zero-order chi connectivity index (χ0) is 15.7. The van der Waals surface area contributed by atoms with Gasteiger partial charge in [0.1, 0.15) is 6.04 Å². The molecule has 0 N–H and O–H groups in total. The van der Waals surface area contributed by atoms with E-state index >= 15 is 0 Å². The number of piperazine rings is 1. The van der Waals surface area contributed by atoms with Crippen LogP contribution in [-0.4, -0.2) is 51.6 Å². The van der Waals surface area contributed by atoms with Crippen molar-refractivity contribution >= 4 is 11.6 Å². The van der Waals surface area contributed by atoms with Gasteiger partial charge in [0.25, 0.3) is 0 Å². The number of rotatable bonds is 3. The minimum absolute atomic E-state index is 0.00956. The number of pyridine rings is 1. The Labute approximate surface area is 132 Å². The molecule has 6 nitrogen and oxygen atoms in total. The summed E-state index contributed by atoms with van der Waals surface area (Å²) in [7, 11) is 2.02. The van der Waals surface area contributed by atoms with Gasteiger partial charge in [-0.15, -0.1) is 0 Å². The highest BCUT2D eigenvalue weighted by Crippen LogP contribution is 2.25. The molecular weight excluding hydrogens is 309 g/mol. The Hall–Kier alpha value is -1.57. The fourth-order valence-corrected chi connectivity index (χ4v) is 2.78. The van der Waals surface area contributed by atoms with Gasteiger partial charge in [-0.3, -0.25) is 9.80 Å². The number of likely N-dealkylation sites (N-methyl/N-ethyl adjacent to an activating group) is 1. The van der Waals surface area contributed by atoms with E-state index in [-0.39, 0.29) is 11.2 Å². The van der Waals surface area contributed by atoms with Crippen molar-refractivity contribution in [3.8, 4) is 0 Å². The Bertz CT molecular complexity index is 664. The van der Waals surface area contributed by atoms with Crippen molar-refractivity contribution in [3.05, 3.63) is 40.5 Å². The van der Waals surface area contributed by atoms with Crippen molar-refractivity contribution in [1.29, 1.82) is 0 Å². The predicted molar refractivity (Wildman–Crippen MR) is 78.9 cm³/mol. The molecule has 22 heavy (non-hydrogen) atoms. The molecule has 8 heteroatoms. The molecule has 3 heterocycles. The molecule has 1 fully saturated rings. The lowest BCUT2D eigenvalue weighted by Gasteiger charge is -2.37. The Morgan fingerprint density at radius 3 is 3.00 bits per heavy atom. The minimum atomic E-state index is -0.451. The van der Waals surface area contributed by atoms with E-state index in [1.165, 1.54) is 6.20 Å². The van der Waals surface area contributed by atoms with Crippen LogP contribution in [-0.2, 0) is 6.54 Å². The Morgan fingerprint density at radius 1 is 1.45 bits per heavy atom. The van der Waals surface area contributed by atoms with Crippen LogP contribution in [0.3, 0.4) is 0 Å². The van der Waals surface area contributed by atoms with Crippen LogP contribution in [0.5, 0.6) is 0 Å². The first-order valence-corrected chi connectivity index (χ1v) is 7.44. The maximum absolute atomic E-state index is 14.0. The van der Waals surface area contributed by atoms with Crippen LogP contribution in [0.25, 0.3) is 0 Å². The molecule has 0 spiro atoms. The van der Waals surface area contributed by atoms with Gasteiger partial charge < -0.3 is 4.52 Å². The molecule has 0 aliphatic carbocycles. The SMILES string of the molecule is Cc1noc(C2CN(Cc3ccnc(Cl)c3F)CCN2C)n1. The lowest BCUT2D eigenvalue weighted by molar-refractivity contribution is 0.0708. The molecule has 118 valence electrons. The van der Waals surface area contributed by atoms with Crippen LogP contribution < -0.4 is 0 Å². The number of aryl methyl sites for hydroxylation is 1. The fraction of sp³-hybridized carbons (Fsp3) is 0.500. The second-order valence-corrected chi connectivity index (χ2v) is 5.84. The van der Waals surface area contributed by atoms with Gasteiger partial charge in [-0.2, -0.15) is 4.98 Å². The number of hydrogen-bond acceptors (Lipinski definition) is 6. The van der Waals surface area contributed by atoms with Gasteiger partial charge in [-0.25, -0.2) is 9.37 Å². The molecule has 1 saturated heterocycles. The summed E-state index contributed by atoms with van der Waals surface area (Å²) in [5.74, 6) is 0.763. The molecule has 0 aromatic carbocycles. The summed E-state index contributed by atoms with van der Waals surface area (Å²) >= 11 is 5.74. The summed E-state index contributed by atoms with van der Waals surface area (Å²) in [6.07, 6.45) is 1.52. The highest BCUT2D eigenvalue weighted by atomic mass is 35.5. The number of aromatic nitrogens is 3. The average Bonchev–Trinajstić information content (AvgIpc) is 2.92. The van der Waals surface area contributed by atoms with E-state index in [1.807, 2.05) is 7.05 Å². The summed E-state index contributed by atoms with van der Waals surface area (Å²) < 4.78 is 19.3. The Morgan fingerprint density at radius 2 is 2.27 bits per heavy atom. The third-order valence-corrected chi connectivity index (χ3v) is 4.14. The first-order chi connectivity index (χ1) is 10.5. The molecular formula is C14H17ClFN5O. The first kappa shape index (κ1) is 15.3. The van der Waals surface area contributed by atoms with Crippen LogP contribution in [0.4, 0.5) is 4.39 Å². The van der Waals surface area contributed by atoms with E-state index in [0.717, 1.165) is 13.1 Å². The van der Waals surface area contributed by atoms with E-state index in [4.69, 9.17) is 16.1 Å². The fourth-order valence-electron chi connectivity index (χ4n) is 2.61. The topological polar surface area (TPSA) is 58.3 Å².